The summed E-state index contributed by atoms with van der Waals surface area (Å²) in [5, 5.41) is 9.38. The molecule has 1 N–H and O–H groups in total. The zero-order chi connectivity index (χ0) is 12.6. The molecule has 1 aliphatic rings. The molecule has 1 aromatic carbocycles. The molecule has 1 heterocycles. The van der Waals surface area contributed by atoms with Gasteiger partial charge in [-0.25, -0.2) is 14.4 Å². The molecule has 3 rings (SSSR count). The summed E-state index contributed by atoms with van der Waals surface area (Å²) in [4.78, 5) is 8.73. The molecule has 1 aliphatic carbocycles. The van der Waals surface area contributed by atoms with Crippen LogP contribution in [-0.2, 0) is 5.41 Å². The molecule has 0 saturated heterocycles. The van der Waals surface area contributed by atoms with Crippen LogP contribution < -0.4 is 0 Å². The van der Waals surface area contributed by atoms with E-state index in [9.17, 15) is 9.50 Å². The maximum absolute atomic E-state index is 12.9. The standard InChI is InChI=1S/C14H13FN2O/c15-11-3-1-10(2-4-11)12-5-8-16-13(17-12)14(9-18)6-7-14/h1-5,8,18H,6-7,9H2. The molecule has 0 radical (unpaired) electrons. The number of aromatic nitrogens is 2. The minimum Gasteiger partial charge on any atom is -0.395 e. The first-order valence-corrected chi connectivity index (χ1v) is 5.94. The van der Waals surface area contributed by atoms with Crippen molar-refractivity contribution >= 4 is 0 Å². The van der Waals surface area contributed by atoms with Gasteiger partial charge in [0.1, 0.15) is 11.6 Å². The SMILES string of the molecule is OCC1(c2nccc(-c3ccc(F)cc3)n2)CC1. The summed E-state index contributed by atoms with van der Waals surface area (Å²) in [7, 11) is 0. The molecule has 4 heteroatoms. The minimum absolute atomic E-state index is 0.0832. The van der Waals surface area contributed by atoms with Gasteiger partial charge in [0, 0.05) is 11.8 Å². The summed E-state index contributed by atoms with van der Waals surface area (Å²) in [5.41, 5.74) is 1.38. The first-order valence-electron chi connectivity index (χ1n) is 5.94. The third-order valence-electron chi connectivity index (χ3n) is 3.43. The van der Waals surface area contributed by atoms with Crippen molar-refractivity contribution in [2.24, 2.45) is 0 Å². The lowest BCUT2D eigenvalue weighted by molar-refractivity contribution is 0.250. The van der Waals surface area contributed by atoms with Crippen molar-refractivity contribution in [2.75, 3.05) is 6.61 Å². The Morgan fingerprint density at radius 1 is 1.17 bits per heavy atom. The smallest absolute Gasteiger partial charge is 0.137 e. The van der Waals surface area contributed by atoms with E-state index in [1.165, 1.54) is 12.1 Å². The van der Waals surface area contributed by atoms with Gasteiger partial charge in [-0.2, -0.15) is 0 Å². The Bertz CT molecular complexity index is 564. The van der Waals surface area contributed by atoms with Gasteiger partial charge in [0.05, 0.1) is 17.7 Å². The van der Waals surface area contributed by atoms with Crippen LogP contribution in [0, 0.1) is 5.82 Å². The van der Waals surface area contributed by atoms with Crippen LogP contribution >= 0.6 is 0 Å². The highest BCUT2D eigenvalue weighted by molar-refractivity contribution is 5.58. The molecular formula is C14H13FN2O. The van der Waals surface area contributed by atoms with Crippen LogP contribution in [0.25, 0.3) is 11.3 Å². The van der Waals surface area contributed by atoms with Crippen molar-refractivity contribution in [3.63, 3.8) is 0 Å². The van der Waals surface area contributed by atoms with Crippen LogP contribution in [0.5, 0.6) is 0 Å². The Labute approximate surface area is 104 Å². The molecule has 2 aromatic rings. The maximum atomic E-state index is 12.9. The van der Waals surface area contributed by atoms with Gasteiger partial charge in [-0.1, -0.05) is 0 Å². The van der Waals surface area contributed by atoms with E-state index < -0.39 is 0 Å². The third-order valence-corrected chi connectivity index (χ3v) is 3.43. The van der Waals surface area contributed by atoms with Gasteiger partial charge in [-0.15, -0.1) is 0 Å². The zero-order valence-electron chi connectivity index (χ0n) is 9.81. The maximum Gasteiger partial charge on any atom is 0.137 e. The molecule has 0 bridgehead atoms. The van der Waals surface area contributed by atoms with E-state index >= 15 is 0 Å². The summed E-state index contributed by atoms with van der Waals surface area (Å²) in [6.45, 7) is 0.0832. The number of nitrogens with zero attached hydrogens (tertiary/aromatic N) is 2. The van der Waals surface area contributed by atoms with E-state index in [-0.39, 0.29) is 17.8 Å². The van der Waals surface area contributed by atoms with Crippen LogP contribution in [0.3, 0.4) is 0 Å². The first kappa shape index (κ1) is 11.3. The van der Waals surface area contributed by atoms with Crippen LogP contribution in [0.4, 0.5) is 4.39 Å². The van der Waals surface area contributed by atoms with Crippen molar-refractivity contribution in [3.05, 3.63) is 48.2 Å². The Morgan fingerprint density at radius 2 is 1.89 bits per heavy atom. The van der Waals surface area contributed by atoms with Crippen LogP contribution in [-0.4, -0.2) is 21.7 Å². The van der Waals surface area contributed by atoms with Crippen LogP contribution in [0.2, 0.25) is 0 Å². The highest BCUT2D eigenvalue weighted by atomic mass is 19.1. The Morgan fingerprint density at radius 3 is 2.50 bits per heavy atom. The van der Waals surface area contributed by atoms with Gasteiger partial charge >= 0.3 is 0 Å². The average Bonchev–Trinajstić information content (AvgIpc) is 3.21. The van der Waals surface area contributed by atoms with Gasteiger partial charge in [-0.05, 0) is 43.2 Å². The largest absolute Gasteiger partial charge is 0.395 e. The van der Waals surface area contributed by atoms with E-state index in [4.69, 9.17) is 0 Å². The second kappa shape index (κ2) is 4.14. The van der Waals surface area contributed by atoms with Crippen molar-refractivity contribution in [3.8, 4) is 11.3 Å². The fourth-order valence-corrected chi connectivity index (χ4v) is 2.00. The molecule has 1 saturated carbocycles. The lowest BCUT2D eigenvalue weighted by Gasteiger charge is -2.10. The molecule has 92 valence electrons. The lowest BCUT2D eigenvalue weighted by atomic mass is 10.1. The molecule has 1 fully saturated rings. The number of aliphatic hydroxyl groups is 1. The van der Waals surface area contributed by atoms with E-state index in [2.05, 4.69) is 9.97 Å². The fourth-order valence-electron chi connectivity index (χ4n) is 2.00. The molecule has 0 spiro atoms. The Balaban J connectivity index is 1.98. The van der Waals surface area contributed by atoms with Gasteiger partial charge in [0.2, 0.25) is 0 Å². The second-order valence-corrected chi connectivity index (χ2v) is 4.71. The molecule has 18 heavy (non-hydrogen) atoms. The predicted octanol–water partition coefficient (Wildman–Crippen LogP) is 2.31. The average molecular weight is 244 g/mol. The minimum atomic E-state index is -0.262. The molecule has 0 aliphatic heterocycles. The molecular weight excluding hydrogens is 231 g/mol. The number of halogens is 1. The molecule has 3 nitrogen and oxygen atoms in total. The number of hydrogen-bond donors (Lipinski definition) is 1. The van der Waals surface area contributed by atoms with Gasteiger partial charge in [0.25, 0.3) is 0 Å². The molecule has 1 aromatic heterocycles. The van der Waals surface area contributed by atoms with Crippen LogP contribution in [0.15, 0.2) is 36.5 Å². The first-order chi connectivity index (χ1) is 8.73. The summed E-state index contributed by atoms with van der Waals surface area (Å²) in [6, 6.07) is 8.01. The quantitative estimate of drug-likeness (QED) is 0.901. The van der Waals surface area contributed by atoms with Crippen molar-refractivity contribution in [1.29, 1.82) is 0 Å². The summed E-state index contributed by atoms with van der Waals surface area (Å²) in [5.74, 6) is 0.425. The Hall–Kier alpha value is -1.81. The van der Waals surface area contributed by atoms with E-state index in [0.717, 1.165) is 24.1 Å². The topological polar surface area (TPSA) is 46.0 Å². The lowest BCUT2D eigenvalue weighted by Crippen LogP contribution is -2.16. The highest BCUT2D eigenvalue weighted by Crippen LogP contribution is 2.46. The third kappa shape index (κ3) is 1.88. The number of benzene rings is 1. The fraction of sp³-hybridized carbons (Fsp3) is 0.286. The van der Waals surface area contributed by atoms with E-state index in [1.807, 2.05) is 0 Å². The molecule has 0 unspecified atom stereocenters. The highest BCUT2D eigenvalue weighted by Gasteiger charge is 2.46. The molecule has 0 atom stereocenters. The Kier molecular flexibility index (Phi) is 2.59. The summed E-state index contributed by atoms with van der Waals surface area (Å²) in [6.07, 6.45) is 3.55. The number of rotatable bonds is 3. The number of hydrogen-bond acceptors (Lipinski definition) is 3. The predicted molar refractivity (Wildman–Crippen MR) is 65.4 cm³/mol. The monoisotopic (exact) mass is 244 g/mol. The van der Waals surface area contributed by atoms with Gasteiger partial charge in [-0.3, -0.25) is 0 Å². The van der Waals surface area contributed by atoms with Crippen LogP contribution in [0.1, 0.15) is 18.7 Å². The van der Waals surface area contributed by atoms with Crippen molar-refractivity contribution in [1.82, 2.24) is 9.97 Å². The zero-order valence-corrected chi connectivity index (χ0v) is 9.81. The number of aliphatic hydroxyl groups excluding tert-OH is 1. The van der Waals surface area contributed by atoms with E-state index in [1.54, 1.807) is 24.4 Å². The van der Waals surface area contributed by atoms with Crippen molar-refractivity contribution < 1.29 is 9.50 Å². The van der Waals surface area contributed by atoms with Crippen molar-refractivity contribution in [2.45, 2.75) is 18.3 Å². The normalized spacial score (nSPS) is 16.6. The summed E-state index contributed by atoms with van der Waals surface area (Å²) >= 11 is 0. The van der Waals surface area contributed by atoms with E-state index in [0.29, 0.717) is 5.82 Å². The molecule has 0 amide bonds. The van der Waals surface area contributed by atoms with Gasteiger partial charge in [0.15, 0.2) is 0 Å². The van der Waals surface area contributed by atoms with Gasteiger partial charge < -0.3 is 5.11 Å². The second-order valence-electron chi connectivity index (χ2n) is 4.71. The summed E-state index contributed by atoms with van der Waals surface area (Å²) < 4.78 is 12.9.